The minimum Gasteiger partial charge on any atom is -0.497 e. The van der Waals surface area contributed by atoms with E-state index in [4.69, 9.17) is 10.5 Å². The summed E-state index contributed by atoms with van der Waals surface area (Å²) < 4.78 is 6.09. The number of hydrogen-bond acceptors (Lipinski definition) is 7. The van der Waals surface area contributed by atoms with Crippen LogP contribution in [0.3, 0.4) is 0 Å². The molecule has 0 bridgehead atoms. The number of methoxy groups -OCH3 is 1. The van der Waals surface area contributed by atoms with Crippen LogP contribution in [0, 0.1) is 0 Å². The van der Waals surface area contributed by atoms with Gasteiger partial charge >= 0.3 is 6.03 Å². The zero-order valence-electron chi connectivity index (χ0n) is 23.0. The fourth-order valence-corrected chi connectivity index (χ4v) is 6.21. The maximum Gasteiger partial charge on any atom is 0.321 e. The second-order valence-electron chi connectivity index (χ2n) is 10.6. The van der Waals surface area contributed by atoms with Crippen LogP contribution in [-0.2, 0) is 0 Å². The van der Waals surface area contributed by atoms with Crippen molar-refractivity contribution in [3.63, 3.8) is 0 Å². The average Bonchev–Trinajstić information content (AvgIpc) is 2.98. The van der Waals surface area contributed by atoms with Crippen molar-refractivity contribution < 1.29 is 29.3 Å². The van der Waals surface area contributed by atoms with Crippen molar-refractivity contribution >= 4 is 39.3 Å². The summed E-state index contributed by atoms with van der Waals surface area (Å²) in [6.45, 7) is 0.327. The first-order valence-corrected chi connectivity index (χ1v) is 14.4. The predicted molar refractivity (Wildman–Crippen MR) is 161 cm³/mol. The van der Waals surface area contributed by atoms with Gasteiger partial charge in [0.25, 0.3) is 0 Å². The number of nitrogens with one attached hydrogen (secondary N) is 1. The number of primary amides is 1. The van der Waals surface area contributed by atoms with Crippen molar-refractivity contribution in [1.29, 1.82) is 0 Å². The monoisotopic (exact) mass is 636 g/mol. The lowest BCUT2D eigenvalue weighted by Crippen LogP contribution is -2.70. The van der Waals surface area contributed by atoms with Crippen molar-refractivity contribution in [3.8, 4) is 5.75 Å². The molecule has 10 nitrogen and oxygen atoms in total. The predicted octanol–water partition coefficient (Wildman–Crippen LogP) is 3.24. The largest absolute Gasteiger partial charge is 0.497 e. The van der Waals surface area contributed by atoms with Gasteiger partial charge in [0.2, 0.25) is 5.91 Å². The number of halogens is 1. The van der Waals surface area contributed by atoms with Crippen LogP contribution in [0.15, 0.2) is 77.3 Å². The number of ketones is 1. The number of carbonyl (C=O) groups is 3. The molecule has 0 spiro atoms. The van der Waals surface area contributed by atoms with E-state index in [0.29, 0.717) is 11.4 Å². The number of urea groups is 1. The summed E-state index contributed by atoms with van der Waals surface area (Å²) in [6, 6.07) is 20.2. The van der Waals surface area contributed by atoms with Crippen molar-refractivity contribution in [2.24, 2.45) is 5.73 Å². The Morgan fingerprint density at radius 2 is 1.57 bits per heavy atom. The summed E-state index contributed by atoms with van der Waals surface area (Å²) in [4.78, 5) is 42.5. The van der Waals surface area contributed by atoms with E-state index in [1.54, 1.807) is 49.6 Å². The van der Waals surface area contributed by atoms with Gasteiger partial charge in [0.1, 0.15) is 5.75 Å². The Morgan fingerprint density at radius 1 is 0.929 bits per heavy atom. The van der Waals surface area contributed by atoms with E-state index in [2.05, 4.69) is 21.2 Å². The number of benzene rings is 3. The molecule has 42 heavy (non-hydrogen) atoms. The lowest BCUT2D eigenvalue weighted by Gasteiger charge is -2.58. The molecular weight excluding hydrogens is 604 g/mol. The second-order valence-corrected chi connectivity index (χ2v) is 11.6. The Kier molecular flexibility index (Phi) is 8.93. The van der Waals surface area contributed by atoms with Gasteiger partial charge < -0.3 is 30.9 Å². The van der Waals surface area contributed by atoms with Gasteiger partial charge in [-0.1, -0.05) is 46.3 Å². The number of anilines is 1. The SMILES string of the molecule is COc1ccc(NC(=O)N2C[C@H](O)[C@H](O)CN3[C@H](CC(=O)c4ccccc4C(N)=O)[C@H](c4ccc(Br)cc4)[C@@H]3C2)cc1. The fraction of sp³-hybridized carbons (Fsp3) is 0.323. The van der Waals surface area contributed by atoms with Gasteiger partial charge in [-0.2, -0.15) is 0 Å². The lowest BCUT2D eigenvalue weighted by atomic mass is 9.71. The second kappa shape index (κ2) is 12.6. The van der Waals surface area contributed by atoms with Crippen LogP contribution in [0.4, 0.5) is 10.5 Å². The third-order valence-corrected chi connectivity index (χ3v) is 8.64. The quantitative estimate of drug-likeness (QED) is 0.291. The normalized spacial score (nSPS) is 24.0. The van der Waals surface area contributed by atoms with E-state index >= 15 is 0 Å². The molecule has 5 rings (SSSR count). The molecule has 2 saturated heterocycles. The van der Waals surface area contributed by atoms with Gasteiger partial charge in [-0.3, -0.25) is 14.5 Å². The first-order chi connectivity index (χ1) is 20.2. The molecule has 3 aromatic rings. The summed E-state index contributed by atoms with van der Waals surface area (Å²) in [5.41, 5.74) is 7.48. The van der Waals surface area contributed by atoms with Gasteiger partial charge in [0.15, 0.2) is 5.78 Å². The summed E-state index contributed by atoms with van der Waals surface area (Å²) in [5.74, 6) is -0.444. The van der Waals surface area contributed by atoms with Crippen LogP contribution in [-0.4, -0.2) is 88.8 Å². The van der Waals surface area contributed by atoms with Gasteiger partial charge in [0, 0.05) is 58.8 Å². The smallest absolute Gasteiger partial charge is 0.321 e. The maximum absolute atomic E-state index is 13.6. The Balaban J connectivity index is 1.44. The summed E-state index contributed by atoms with van der Waals surface area (Å²) in [7, 11) is 1.56. The number of nitrogens with two attached hydrogens (primary N) is 1. The van der Waals surface area contributed by atoms with Crippen LogP contribution in [0.5, 0.6) is 5.75 Å². The minimum absolute atomic E-state index is 0.0579. The number of β-amino-alcohol motifs (C(OH)–C–C–N with tert-alkyl or cyclic N) is 1. The Bertz CT molecular complexity index is 1450. The molecule has 2 aliphatic heterocycles. The minimum atomic E-state index is -1.19. The van der Waals surface area contributed by atoms with Crippen LogP contribution in [0.25, 0.3) is 0 Å². The molecule has 0 aliphatic carbocycles. The molecule has 0 saturated carbocycles. The first-order valence-electron chi connectivity index (χ1n) is 13.7. The van der Waals surface area contributed by atoms with Gasteiger partial charge in [-0.25, -0.2) is 4.79 Å². The number of aliphatic hydroxyl groups excluding tert-OH is 2. The lowest BCUT2D eigenvalue weighted by molar-refractivity contribution is -0.101. The third kappa shape index (κ3) is 6.19. The summed E-state index contributed by atoms with van der Waals surface area (Å²) in [6.07, 6.45) is -2.28. The maximum atomic E-state index is 13.6. The standard InChI is InChI=1S/C31H33BrN4O6/c1-42-21-12-10-20(11-13-21)34-31(41)35-15-25-29(18-6-8-19(32)9-7-18)24(36(25)17-28(39)27(38)16-35)14-26(37)22-4-2-3-5-23(22)30(33)40/h2-13,24-25,27-29,38-39H,14-17H2,1H3,(H2,33,40)(H,34,41)/t24-,25+,27+,28-,29+/m1/s1. The molecule has 5 N–H and O–H groups in total. The number of rotatable bonds is 7. The van der Waals surface area contributed by atoms with Gasteiger partial charge in [-0.05, 0) is 48.0 Å². The highest BCUT2D eigenvalue weighted by molar-refractivity contribution is 9.10. The number of carbonyl (C=O) groups excluding carboxylic acids is 3. The van der Waals surface area contributed by atoms with E-state index in [1.165, 1.54) is 11.0 Å². The Labute approximate surface area is 252 Å². The van der Waals surface area contributed by atoms with E-state index in [-0.39, 0.29) is 61.0 Å². The number of Topliss-reactive ketones (excluding diaryl/α,β-unsaturated/α-hetero) is 1. The fourth-order valence-electron chi connectivity index (χ4n) is 5.95. The van der Waals surface area contributed by atoms with Crippen LogP contribution in [0.2, 0.25) is 0 Å². The molecule has 0 radical (unpaired) electrons. The Hall–Kier alpha value is -3.77. The Morgan fingerprint density at radius 3 is 2.21 bits per heavy atom. The van der Waals surface area contributed by atoms with Crippen LogP contribution < -0.4 is 15.8 Å². The summed E-state index contributed by atoms with van der Waals surface area (Å²) in [5, 5.41) is 24.6. The highest BCUT2D eigenvalue weighted by Gasteiger charge is 2.52. The topological polar surface area (TPSA) is 145 Å². The highest BCUT2D eigenvalue weighted by atomic mass is 79.9. The van der Waals surface area contributed by atoms with Gasteiger partial charge in [-0.15, -0.1) is 0 Å². The molecule has 0 aromatic heterocycles. The molecule has 3 amide bonds. The molecule has 2 aliphatic rings. The molecule has 220 valence electrons. The van der Waals surface area contributed by atoms with E-state index in [9.17, 15) is 24.6 Å². The number of hydrogen-bond donors (Lipinski definition) is 4. The molecular formula is C31H33BrN4O6. The number of ether oxygens (including phenoxy) is 1. The van der Waals surface area contributed by atoms with Crippen molar-refractivity contribution in [2.45, 2.75) is 36.6 Å². The van der Waals surface area contributed by atoms with Crippen molar-refractivity contribution in [1.82, 2.24) is 9.80 Å². The molecule has 5 atom stereocenters. The van der Waals surface area contributed by atoms with Gasteiger partial charge in [0.05, 0.1) is 25.9 Å². The van der Waals surface area contributed by atoms with E-state index in [0.717, 1.165) is 10.0 Å². The van der Waals surface area contributed by atoms with Crippen LogP contribution in [0.1, 0.15) is 38.6 Å². The number of nitrogens with zero attached hydrogens (tertiary/aromatic N) is 2. The van der Waals surface area contributed by atoms with E-state index < -0.39 is 24.1 Å². The third-order valence-electron chi connectivity index (χ3n) is 8.11. The van der Waals surface area contributed by atoms with Crippen molar-refractivity contribution in [2.75, 3.05) is 32.1 Å². The molecule has 0 unspecified atom stereocenters. The summed E-state index contributed by atoms with van der Waals surface area (Å²) >= 11 is 3.48. The molecule has 3 aromatic carbocycles. The zero-order valence-corrected chi connectivity index (χ0v) is 24.6. The first kappa shape index (κ1) is 29.7. The molecule has 2 heterocycles. The van der Waals surface area contributed by atoms with Crippen LogP contribution >= 0.6 is 15.9 Å². The molecule has 2 fully saturated rings. The number of fused-ring (bicyclic) bond motifs is 1. The number of amides is 3. The average molecular weight is 638 g/mol. The van der Waals surface area contributed by atoms with Crippen molar-refractivity contribution in [3.05, 3.63) is 94.0 Å². The zero-order chi connectivity index (χ0) is 30.0. The highest BCUT2D eigenvalue weighted by Crippen LogP contribution is 2.44. The number of aliphatic hydroxyl groups is 2. The van der Waals surface area contributed by atoms with E-state index in [1.807, 2.05) is 29.2 Å². The molecule has 11 heteroatoms.